The van der Waals surface area contributed by atoms with Gasteiger partial charge in [0, 0.05) is 30.1 Å². The number of nitrogens with zero attached hydrogens (tertiary/aromatic N) is 4. The molecule has 0 saturated heterocycles. The Hall–Kier alpha value is -2.84. The molecule has 0 fully saturated rings. The maximum absolute atomic E-state index is 13.6. The van der Waals surface area contributed by atoms with E-state index < -0.39 is 5.82 Å². The van der Waals surface area contributed by atoms with Crippen LogP contribution in [0.2, 0.25) is 5.02 Å². The van der Waals surface area contributed by atoms with Crippen molar-refractivity contribution < 1.29 is 9.13 Å². The van der Waals surface area contributed by atoms with Gasteiger partial charge in [-0.1, -0.05) is 11.6 Å². The van der Waals surface area contributed by atoms with Crippen molar-refractivity contribution in [2.45, 2.75) is 20.0 Å². The summed E-state index contributed by atoms with van der Waals surface area (Å²) in [4.78, 5) is 16.8. The van der Waals surface area contributed by atoms with E-state index in [-0.39, 0.29) is 17.1 Å². The Morgan fingerprint density at radius 2 is 1.93 bits per heavy atom. The molecular formula is C19H20ClFN6O. The van der Waals surface area contributed by atoms with Crippen molar-refractivity contribution >= 4 is 23.4 Å². The summed E-state index contributed by atoms with van der Waals surface area (Å²) in [5.74, 6) is 0.0645. The Labute approximate surface area is 167 Å². The first-order valence-electron chi connectivity index (χ1n) is 8.69. The van der Waals surface area contributed by atoms with Gasteiger partial charge in [-0.2, -0.15) is 4.98 Å². The highest BCUT2D eigenvalue weighted by molar-refractivity contribution is 6.31. The van der Waals surface area contributed by atoms with Crippen LogP contribution in [0.1, 0.15) is 13.8 Å². The van der Waals surface area contributed by atoms with E-state index >= 15 is 0 Å². The fourth-order valence-corrected chi connectivity index (χ4v) is 2.80. The third kappa shape index (κ3) is 4.71. The summed E-state index contributed by atoms with van der Waals surface area (Å²) in [6.45, 7) is 4.93. The number of hydrogen-bond donors (Lipinski definition) is 2. The van der Waals surface area contributed by atoms with E-state index in [0.717, 1.165) is 0 Å². The molecule has 3 aromatic rings. The third-order valence-corrected chi connectivity index (χ3v) is 4.10. The topological polar surface area (TPSA) is 98.8 Å². The first-order chi connectivity index (χ1) is 13.5. The number of anilines is 2. The monoisotopic (exact) mass is 402 g/mol. The largest absolute Gasteiger partial charge is 0.377 e. The van der Waals surface area contributed by atoms with Gasteiger partial charge >= 0.3 is 0 Å². The van der Waals surface area contributed by atoms with Gasteiger partial charge in [0.15, 0.2) is 0 Å². The van der Waals surface area contributed by atoms with Crippen molar-refractivity contribution in [1.82, 2.24) is 19.9 Å². The van der Waals surface area contributed by atoms with E-state index in [9.17, 15) is 4.39 Å². The Balaban J connectivity index is 2.08. The predicted molar refractivity (Wildman–Crippen MR) is 107 cm³/mol. The summed E-state index contributed by atoms with van der Waals surface area (Å²) >= 11 is 5.97. The number of nitrogens with two attached hydrogens (primary N) is 1. The number of nitrogens with one attached hydrogen (secondary N) is 1. The van der Waals surface area contributed by atoms with Crippen molar-refractivity contribution in [2.75, 3.05) is 24.2 Å². The van der Waals surface area contributed by atoms with Crippen LogP contribution in [0.15, 0.2) is 36.9 Å². The molecule has 0 atom stereocenters. The molecule has 0 aliphatic rings. The highest BCUT2D eigenvalue weighted by Gasteiger charge is 2.18. The number of nitrogen functional groups attached to an aromatic ring is 1. The number of aromatic nitrogens is 4. The van der Waals surface area contributed by atoms with Crippen molar-refractivity contribution in [2.24, 2.45) is 0 Å². The number of hydrogen-bond acceptors (Lipinski definition) is 7. The van der Waals surface area contributed by atoms with Crippen LogP contribution in [-0.4, -0.2) is 39.2 Å². The molecule has 0 amide bonds. The van der Waals surface area contributed by atoms with E-state index in [0.29, 0.717) is 41.4 Å². The average molecular weight is 403 g/mol. The van der Waals surface area contributed by atoms with Crippen LogP contribution in [0.25, 0.3) is 22.4 Å². The van der Waals surface area contributed by atoms with Crippen LogP contribution < -0.4 is 11.1 Å². The van der Waals surface area contributed by atoms with Crippen LogP contribution in [0.4, 0.5) is 16.2 Å². The van der Waals surface area contributed by atoms with E-state index in [2.05, 4.69) is 25.3 Å². The van der Waals surface area contributed by atoms with Crippen molar-refractivity contribution in [3.8, 4) is 22.4 Å². The molecule has 0 radical (unpaired) electrons. The Morgan fingerprint density at radius 1 is 1.18 bits per heavy atom. The summed E-state index contributed by atoms with van der Waals surface area (Å²) < 4.78 is 19.2. The minimum Gasteiger partial charge on any atom is -0.377 e. The van der Waals surface area contributed by atoms with Gasteiger partial charge in [0.1, 0.15) is 18.0 Å². The van der Waals surface area contributed by atoms with Crippen LogP contribution in [0.3, 0.4) is 0 Å². The number of halogens is 2. The SMILES string of the molecule is CC(C)OCCNc1nc(N)nc(-c2ccc(F)c(Cl)c2)c1-c1cncnc1. The maximum atomic E-state index is 13.6. The molecule has 28 heavy (non-hydrogen) atoms. The molecule has 1 aromatic carbocycles. The van der Waals surface area contributed by atoms with Crippen LogP contribution >= 0.6 is 11.6 Å². The quantitative estimate of drug-likeness (QED) is 0.579. The van der Waals surface area contributed by atoms with Crippen molar-refractivity contribution in [3.63, 3.8) is 0 Å². The lowest BCUT2D eigenvalue weighted by atomic mass is 10.0. The summed E-state index contributed by atoms with van der Waals surface area (Å²) in [7, 11) is 0. The van der Waals surface area contributed by atoms with E-state index in [1.807, 2.05) is 13.8 Å². The number of ether oxygens (including phenoxy) is 1. The molecule has 7 nitrogen and oxygen atoms in total. The number of rotatable bonds is 7. The fraction of sp³-hybridized carbons (Fsp3) is 0.263. The molecule has 0 saturated carbocycles. The van der Waals surface area contributed by atoms with Gasteiger partial charge in [-0.3, -0.25) is 0 Å². The van der Waals surface area contributed by atoms with Gasteiger partial charge in [-0.15, -0.1) is 0 Å². The molecule has 0 spiro atoms. The summed E-state index contributed by atoms with van der Waals surface area (Å²) in [5.41, 5.74) is 8.35. The zero-order valence-electron chi connectivity index (χ0n) is 15.5. The Morgan fingerprint density at radius 3 is 2.61 bits per heavy atom. The zero-order valence-corrected chi connectivity index (χ0v) is 16.2. The van der Waals surface area contributed by atoms with Gasteiger partial charge < -0.3 is 15.8 Å². The predicted octanol–water partition coefficient (Wildman–Crippen LogP) is 3.81. The molecule has 0 aliphatic carbocycles. The first kappa shape index (κ1) is 19.9. The summed E-state index contributed by atoms with van der Waals surface area (Å²) in [5, 5.41) is 3.22. The normalized spacial score (nSPS) is 11.0. The third-order valence-electron chi connectivity index (χ3n) is 3.81. The zero-order chi connectivity index (χ0) is 20.1. The molecule has 146 valence electrons. The molecule has 0 unspecified atom stereocenters. The average Bonchev–Trinajstić information content (AvgIpc) is 2.67. The lowest BCUT2D eigenvalue weighted by Crippen LogP contribution is -2.15. The molecule has 3 N–H and O–H groups in total. The van der Waals surface area contributed by atoms with Gasteiger partial charge in [-0.05, 0) is 32.0 Å². The minimum atomic E-state index is -0.513. The van der Waals surface area contributed by atoms with E-state index in [1.54, 1.807) is 18.5 Å². The van der Waals surface area contributed by atoms with E-state index in [1.165, 1.54) is 18.5 Å². The maximum Gasteiger partial charge on any atom is 0.222 e. The van der Waals surface area contributed by atoms with Crippen molar-refractivity contribution in [1.29, 1.82) is 0 Å². The minimum absolute atomic E-state index is 0.00946. The van der Waals surface area contributed by atoms with Crippen molar-refractivity contribution in [3.05, 3.63) is 47.8 Å². The molecule has 0 aliphatic heterocycles. The van der Waals surface area contributed by atoms with Gasteiger partial charge in [0.2, 0.25) is 5.95 Å². The standard InChI is InChI=1S/C19H20ClFN6O/c1-11(2)28-6-5-25-18-16(13-8-23-10-24-9-13)17(26-19(22)27-18)12-3-4-15(21)14(20)7-12/h3-4,7-11H,5-6H2,1-2H3,(H3,22,25,26,27). The first-order valence-corrected chi connectivity index (χ1v) is 9.07. The molecule has 2 heterocycles. The molecule has 3 rings (SSSR count). The van der Waals surface area contributed by atoms with Gasteiger partial charge in [0.05, 0.1) is 29.0 Å². The second kappa shape index (κ2) is 8.90. The molecular weight excluding hydrogens is 383 g/mol. The molecule has 0 bridgehead atoms. The van der Waals surface area contributed by atoms with E-state index in [4.69, 9.17) is 22.1 Å². The summed E-state index contributed by atoms with van der Waals surface area (Å²) in [6.07, 6.45) is 4.84. The lowest BCUT2D eigenvalue weighted by Gasteiger charge is -2.16. The lowest BCUT2D eigenvalue weighted by molar-refractivity contribution is 0.0870. The van der Waals surface area contributed by atoms with Gasteiger partial charge in [0.25, 0.3) is 0 Å². The van der Waals surface area contributed by atoms with Crippen LogP contribution in [-0.2, 0) is 4.74 Å². The van der Waals surface area contributed by atoms with Crippen LogP contribution in [0, 0.1) is 5.82 Å². The Kier molecular flexibility index (Phi) is 6.33. The summed E-state index contributed by atoms with van der Waals surface area (Å²) in [6, 6.07) is 4.37. The van der Waals surface area contributed by atoms with Crippen LogP contribution in [0.5, 0.6) is 0 Å². The molecule has 2 aromatic heterocycles. The Bertz CT molecular complexity index is 955. The second-order valence-electron chi connectivity index (χ2n) is 6.26. The molecule has 9 heteroatoms. The fourth-order valence-electron chi connectivity index (χ4n) is 2.62. The second-order valence-corrected chi connectivity index (χ2v) is 6.66. The highest BCUT2D eigenvalue weighted by atomic mass is 35.5. The highest BCUT2D eigenvalue weighted by Crippen LogP contribution is 2.36. The van der Waals surface area contributed by atoms with Gasteiger partial charge in [-0.25, -0.2) is 19.3 Å². The smallest absolute Gasteiger partial charge is 0.222 e. The number of benzene rings is 1.